The molecule has 5 heteroatoms. The molecule has 2 aromatic rings. The normalized spacial score (nSPS) is 10.2. The summed E-state index contributed by atoms with van der Waals surface area (Å²) in [4.78, 5) is 1.90. The summed E-state index contributed by atoms with van der Waals surface area (Å²) in [5, 5.41) is 27.5. The Labute approximate surface area is 124 Å². The summed E-state index contributed by atoms with van der Waals surface area (Å²) in [5.41, 5.74) is 3.93. The van der Waals surface area contributed by atoms with Crippen LogP contribution in [-0.4, -0.2) is 21.8 Å². The number of aromatic nitrogens is 2. The van der Waals surface area contributed by atoms with Crippen molar-refractivity contribution < 1.29 is 5.11 Å². The maximum Gasteiger partial charge on any atom is 0.173 e. The lowest BCUT2D eigenvalue weighted by atomic mass is 10.1. The van der Waals surface area contributed by atoms with Crippen molar-refractivity contribution in [3.8, 4) is 11.8 Å². The molecular formula is C16H18N4O. The smallest absolute Gasteiger partial charge is 0.173 e. The van der Waals surface area contributed by atoms with Crippen molar-refractivity contribution in [1.29, 1.82) is 5.26 Å². The average Bonchev–Trinajstić information content (AvgIpc) is 2.47. The average molecular weight is 282 g/mol. The van der Waals surface area contributed by atoms with E-state index in [-0.39, 0.29) is 5.75 Å². The molecule has 0 bridgehead atoms. The number of phenolic OH excluding ortho intramolecular Hbond substituents is 1. The van der Waals surface area contributed by atoms with Gasteiger partial charge < -0.3 is 10.0 Å². The summed E-state index contributed by atoms with van der Waals surface area (Å²) in [5.74, 6) is 0.709. The van der Waals surface area contributed by atoms with Gasteiger partial charge in [0.15, 0.2) is 5.82 Å². The molecule has 21 heavy (non-hydrogen) atoms. The Morgan fingerprint density at radius 2 is 1.95 bits per heavy atom. The number of benzene rings is 1. The molecule has 0 aliphatic carbocycles. The van der Waals surface area contributed by atoms with Crippen molar-refractivity contribution in [3.63, 3.8) is 0 Å². The van der Waals surface area contributed by atoms with E-state index in [1.807, 2.05) is 38.7 Å². The molecule has 108 valence electrons. The van der Waals surface area contributed by atoms with Gasteiger partial charge in [0.1, 0.15) is 17.4 Å². The molecule has 1 N–H and O–H groups in total. The van der Waals surface area contributed by atoms with Crippen LogP contribution in [0.2, 0.25) is 0 Å². The van der Waals surface area contributed by atoms with Crippen molar-refractivity contribution in [2.45, 2.75) is 27.7 Å². The van der Waals surface area contributed by atoms with Gasteiger partial charge in [0.2, 0.25) is 0 Å². The topological polar surface area (TPSA) is 73.0 Å². The zero-order chi connectivity index (χ0) is 15.6. The lowest BCUT2D eigenvalue weighted by Gasteiger charge is -2.25. The van der Waals surface area contributed by atoms with Crippen LogP contribution in [-0.2, 0) is 0 Å². The first-order valence-corrected chi connectivity index (χ1v) is 6.80. The Bertz CT molecular complexity index is 719. The van der Waals surface area contributed by atoms with Gasteiger partial charge in [-0.15, -0.1) is 5.10 Å². The number of aromatic hydroxyl groups is 1. The molecule has 1 heterocycles. The van der Waals surface area contributed by atoms with Gasteiger partial charge in [-0.1, -0.05) is 6.07 Å². The van der Waals surface area contributed by atoms with Crippen molar-refractivity contribution in [1.82, 2.24) is 10.2 Å². The van der Waals surface area contributed by atoms with Crippen molar-refractivity contribution in [2.75, 3.05) is 11.4 Å². The standard InChI is InChI=1S/C16H18N4O/c1-5-20(15-8-13(21)7-6-10(15)2)16-14(9-17)11(3)12(4)18-19-16/h6-8,21H,5H2,1-4H3. The zero-order valence-electron chi connectivity index (χ0n) is 12.7. The molecule has 1 aromatic carbocycles. The summed E-state index contributed by atoms with van der Waals surface area (Å²) in [6, 6.07) is 7.38. The van der Waals surface area contributed by atoms with E-state index in [2.05, 4.69) is 16.3 Å². The van der Waals surface area contributed by atoms with Crippen LogP contribution in [0.25, 0.3) is 0 Å². The molecule has 0 spiro atoms. The van der Waals surface area contributed by atoms with Gasteiger partial charge >= 0.3 is 0 Å². The lowest BCUT2D eigenvalue weighted by molar-refractivity contribution is 0.475. The summed E-state index contributed by atoms with van der Waals surface area (Å²) < 4.78 is 0. The molecule has 0 atom stereocenters. The first kappa shape index (κ1) is 14.8. The number of nitrogens with zero attached hydrogens (tertiary/aromatic N) is 4. The SMILES string of the molecule is CCN(c1cc(O)ccc1C)c1nnc(C)c(C)c1C#N. The van der Waals surface area contributed by atoms with E-state index in [4.69, 9.17) is 0 Å². The maximum atomic E-state index is 9.73. The molecule has 0 fully saturated rings. The minimum absolute atomic E-state index is 0.185. The molecule has 0 saturated heterocycles. The molecule has 2 rings (SSSR count). The van der Waals surface area contributed by atoms with Gasteiger partial charge in [0.25, 0.3) is 0 Å². The molecule has 0 unspecified atom stereocenters. The lowest BCUT2D eigenvalue weighted by Crippen LogP contribution is -2.21. The molecule has 0 aliphatic rings. The number of hydrogen-bond donors (Lipinski definition) is 1. The second kappa shape index (κ2) is 5.80. The zero-order valence-corrected chi connectivity index (χ0v) is 12.7. The third kappa shape index (κ3) is 2.65. The fourth-order valence-electron chi connectivity index (χ4n) is 2.24. The molecule has 0 aliphatic heterocycles. The molecule has 5 nitrogen and oxygen atoms in total. The Hall–Kier alpha value is -2.61. The van der Waals surface area contributed by atoms with E-state index >= 15 is 0 Å². The van der Waals surface area contributed by atoms with Crippen LogP contribution in [0.4, 0.5) is 11.5 Å². The highest BCUT2D eigenvalue weighted by atomic mass is 16.3. The number of hydrogen-bond acceptors (Lipinski definition) is 5. The highest BCUT2D eigenvalue weighted by Crippen LogP contribution is 2.32. The second-order valence-electron chi connectivity index (χ2n) is 4.94. The van der Waals surface area contributed by atoms with Gasteiger partial charge in [-0.3, -0.25) is 0 Å². The minimum atomic E-state index is 0.185. The molecule has 0 radical (unpaired) electrons. The summed E-state index contributed by atoms with van der Waals surface area (Å²) in [6.45, 7) is 8.26. The monoisotopic (exact) mass is 282 g/mol. The van der Waals surface area contributed by atoms with Crippen molar-refractivity contribution in [3.05, 3.63) is 40.6 Å². The number of anilines is 2. The predicted molar refractivity (Wildman–Crippen MR) is 81.7 cm³/mol. The number of nitriles is 1. The number of aryl methyl sites for hydroxylation is 2. The van der Waals surface area contributed by atoms with Gasteiger partial charge in [-0.2, -0.15) is 10.4 Å². The van der Waals surface area contributed by atoms with Crippen LogP contribution >= 0.6 is 0 Å². The van der Waals surface area contributed by atoms with Crippen LogP contribution < -0.4 is 4.90 Å². The Morgan fingerprint density at radius 3 is 2.57 bits per heavy atom. The van der Waals surface area contributed by atoms with Crippen LogP contribution in [0.5, 0.6) is 5.75 Å². The van der Waals surface area contributed by atoms with E-state index in [0.717, 1.165) is 22.5 Å². The highest BCUT2D eigenvalue weighted by molar-refractivity contribution is 5.70. The third-order valence-corrected chi connectivity index (χ3v) is 3.60. The fraction of sp³-hybridized carbons (Fsp3) is 0.312. The molecule has 0 saturated carbocycles. The Morgan fingerprint density at radius 1 is 1.24 bits per heavy atom. The van der Waals surface area contributed by atoms with Crippen molar-refractivity contribution in [2.24, 2.45) is 0 Å². The van der Waals surface area contributed by atoms with Crippen LogP contribution in [0.3, 0.4) is 0 Å². The quantitative estimate of drug-likeness (QED) is 0.936. The van der Waals surface area contributed by atoms with E-state index in [1.165, 1.54) is 0 Å². The van der Waals surface area contributed by atoms with Gasteiger partial charge in [0.05, 0.1) is 5.69 Å². The minimum Gasteiger partial charge on any atom is -0.508 e. The molecule has 1 aromatic heterocycles. The first-order chi connectivity index (χ1) is 9.99. The van der Waals surface area contributed by atoms with E-state index in [9.17, 15) is 10.4 Å². The summed E-state index contributed by atoms with van der Waals surface area (Å²) in [6.07, 6.45) is 0. The first-order valence-electron chi connectivity index (χ1n) is 6.80. The van der Waals surface area contributed by atoms with E-state index in [1.54, 1.807) is 12.1 Å². The van der Waals surface area contributed by atoms with Gasteiger partial charge in [0, 0.05) is 18.3 Å². The number of rotatable bonds is 3. The van der Waals surface area contributed by atoms with Crippen LogP contribution in [0.1, 0.15) is 29.3 Å². The molecular weight excluding hydrogens is 264 g/mol. The van der Waals surface area contributed by atoms with E-state index in [0.29, 0.717) is 17.9 Å². The van der Waals surface area contributed by atoms with Crippen LogP contribution in [0, 0.1) is 32.1 Å². The fourth-order valence-corrected chi connectivity index (χ4v) is 2.24. The Balaban J connectivity index is 2.65. The van der Waals surface area contributed by atoms with Crippen molar-refractivity contribution >= 4 is 11.5 Å². The molecule has 0 amide bonds. The highest BCUT2D eigenvalue weighted by Gasteiger charge is 2.19. The second-order valence-corrected chi connectivity index (χ2v) is 4.94. The Kier molecular flexibility index (Phi) is 4.08. The third-order valence-electron chi connectivity index (χ3n) is 3.60. The summed E-state index contributed by atoms with van der Waals surface area (Å²) >= 11 is 0. The van der Waals surface area contributed by atoms with Gasteiger partial charge in [-0.25, -0.2) is 0 Å². The van der Waals surface area contributed by atoms with E-state index < -0.39 is 0 Å². The summed E-state index contributed by atoms with van der Waals surface area (Å²) in [7, 11) is 0. The van der Waals surface area contributed by atoms with Crippen LogP contribution in [0.15, 0.2) is 18.2 Å². The predicted octanol–water partition coefficient (Wildman–Crippen LogP) is 3.14. The van der Waals surface area contributed by atoms with Gasteiger partial charge in [-0.05, 0) is 44.9 Å². The maximum absolute atomic E-state index is 9.73. The largest absolute Gasteiger partial charge is 0.508 e. The number of phenols is 1.